The van der Waals surface area contributed by atoms with E-state index in [0.717, 1.165) is 85.0 Å². The van der Waals surface area contributed by atoms with E-state index < -0.39 is 0 Å². The first-order chi connectivity index (χ1) is 23.4. The van der Waals surface area contributed by atoms with Gasteiger partial charge >= 0.3 is 0 Å². The van der Waals surface area contributed by atoms with Crippen LogP contribution in [0, 0.1) is 0 Å². The van der Waals surface area contributed by atoms with Gasteiger partial charge < -0.3 is 9.15 Å². The quantitative estimate of drug-likeness (QED) is 0.185. The molecule has 0 saturated heterocycles. The number of benzene rings is 5. The lowest BCUT2D eigenvalue weighted by Crippen LogP contribution is -2.24. The molecular weight excluding hydrogens is 588 g/mol. The van der Waals surface area contributed by atoms with Gasteiger partial charge in [-0.3, -0.25) is 0 Å². The van der Waals surface area contributed by atoms with Crippen LogP contribution in [0.1, 0.15) is 50.1 Å². The van der Waals surface area contributed by atoms with Crippen LogP contribution in [0.3, 0.4) is 0 Å². The summed E-state index contributed by atoms with van der Waals surface area (Å²) in [5.74, 6) is 3.29. The van der Waals surface area contributed by atoms with Crippen LogP contribution in [0.2, 0.25) is 0 Å². The van der Waals surface area contributed by atoms with E-state index in [-0.39, 0.29) is 5.41 Å². The lowest BCUT2D eigenvalue weighted by Gasteiger charge is -2.34. The smallest absolute Gasteiger partial charge is 0.177 e. The zero-order valence-electron chi connectivity index (χ0n) is 27.6. The second-order valence-electron chi connectivity index (χ2n) is 12.8. The van der Waals surface area contributed by atoms with Gasteiger partial charge in [0.05, 0.1) is 11.4 Å². The van der Waals surface area contributed by atoms with Gasteiger partial charge in [-0.05, 0) is 48.7 Å². The first-order valence-electron chi connectivity index (χ1n) is 16.6. The Morgan fingerprint density at radius 3 is 1.90 bits per heavy atom. The van der Waals surface area contributed by atoms with Crippen LogP contribution in [0.25, 0.3) is 62.1 Å². The Balaban J connectivity index is 1.15. The van der Waals surface area contributed by atoms with Crippen molar-refractivity contribution in [1.29, 1.82) is 0 Å². The zero-order chi connectivity index (χ0) is 32.8. The molecule has 0 fully saturated rings. The van der Waals surface area contributed by atoms with E-state index >= 15 is 0 Å². The van der Waals surface area contributed by atoms with Crippen LogP contribution in [0.4, 0.5) is 0 Å². The van der Waals surface area contributed by atoms with Crippen LogP contribution in [0.15, 0.2) is 132 Å². The molecule has 8 rings (SSSR count). The van der Waals surface area contributed by atoms with Crippen LogP contribution in [-0.2, 0) is 11.8 Å². The molecule has 48 heavy (non-hydrogen) atoms. The number of ether oxygens (including phenoxy) is 1. The number of hydrogen-bond donors (Lipinski definition) is 0. The number of furan rings is 1. The zero-order valence-corrected chi connectivity index (χ0v) is 27.6. The molecule has 3 heterocycles. The van der Waals surface area contributed by atoms with Crippen molar-refractivity contribution in [3.63, 3.8) is 0 Å². The van der Waals surface area contributed by atoms with E-state index in [9.17, 15) is 0 Å². The summed E-state index contributed by atoms with van der Waals surface area (Å²) in [6.07, 6.45) is 4.96. The molecule has 1 aliphatic heterocycles. The molecule has 0 spiro atoms. The van der Waals surface area contributed by atoms with Gasteiger partial charge in [-0.2, -0.15) is 0 Å². The third-order valence-corrected chi connectivity index (χ3v) is 9.50. The third kappa shape index (κ3) is 5.01. The Bertz CT molecular complexity index is 2260. The molecule has 0 atom stereocenters. The van der Waals surface area contributed by atoms with E-state index in [1.165, 1.54) is 5.56 Å². The Kier molecular flexibility index (Phi) is 7.29. The molecule has 234 valence electrons. The van der Waals surface area contributed by atoms with E-state index in [4.69, 9.17) is 19.1 Å². The summed E-state index contributed by atoms with van der Waals surface area (Å²) >= 11 is 0. The van der Waals surface area contributed by atoms with E-state index in [1.807, 2.05) is 55.5 Å². The summed E-state index contributed by atoms with van der Waals surface area (Å²) in [6, 6.07) is 42.1. The Morgan fingerprint density at radius 2 is 1.27 bits per heavy atom. The topological polar surface area (TPSA) is 48.2 Å². The Labute approximate surface area is 281 Å². The fraction of sp³-hybridized carbons (Fsp3) is 0.136. The van der Waals surface area contributed by atoms with Gasteiger partial charge in [0.25, 0.3) is 0 Å². The van der Waals surface area contributed by atoms with Gasteiger partial charge in [-0.15, -0.1) is 0 Å². The maximum atomic E-state index is 6.65. The Hall–Kier alpha value is -5.74. The van der Waals surface area contributed by atoms with Gasteiger partial charge in [-0.1, -0.05) is 130 Å². The number of fused-ring (bicyclic) bond motifs is 4. The SMILES string of the molecule is C/C=C\c1oc2c3c(ccc2c1CC)C(C)(C)c1cc(-c2ccc(-c4nc(-c5ccccc5)cc(-c5ccccc5)n4)cc2)ccc1O3. The summed E-state index contributed by atoms with van der Waals surface area (Å²) < 4.78 is 13.1. The predicted octanol–water partition coefficient (Wildman–Crippen LogP) is 11.9. The minimum Gasteiger partial charge on any atom is -0.453 e. The standard InChI is InChI=1S/C44H36N2O2/c1-5-13-39-33(6-2)34-23-24-35-42(41(34)47-39)48-40-25-22-32(26-36(40)44(35,3)4)28-18-20-31(21-19-28)43-45-37(29-14-9-7-10-15-29)27-38(46-43)30-16-11-8-12-17-30/h5,7-27H,6H2,1-4H3/b13-5-. The van der Waals surface area contributed by atoms with E-state index in [0.29, 0.717) is 5.82 Å². The largest absolute Gasteiger partial charge is 0.453 e. The number of aromatic nitrogens is 2. The van der Waals surface area contributed by atoms with Crippen LogP contribution in [-0.4, -0.2) is 9.97 Å². The fourth-order valence-electron chi connectivity index (χ4n) is 6.89. The highest BCUT2D eigenvalue weighted by Crippen LogP contribution is 2.52. The van der Waals surface area contributed by atoms with E-state index in [1.54, 1.807) is 0 Å². The molecule has 2 aromatic heterocycles. The molecule has 0 saturated carbocycles. The van der Waals surface area contributed by atoms with Crippen molar-refractivity contribution in [2.75, 3.05) is 0 Å². The number of rotatable bonds is 6. The van der Waals surface area contributed by atoms with Crippen LogP contribution in [0.5, 0.6) is 11.5 Å². The highest BCUT2D eigenvalue weighted by atomic mass is 16.5. The number of aryl methyl sites for hydroxylation is 1. The summed E-state index contributed by atoms with van der Waals surface area (Å²) in [4.78, 5) is 10.0. The van der Waals surface area contributed by atoms with E-state index in [2.05, 4.69) is 106 Å². The van der Waals surface area contributed by atoms with Crippen LogP contribution >= 0.6 is 0 Å². The van der Waals surface area contributed by atoms with Crippen molar-refractivity contribution in [1.82, 2.24) is 9.97 Å². The molecular formula is C44H36N2O2. The van der Waals surface area contributed by atoms with Crippen molar-refractivity contribution in [2.24, 2.45) is 0 Å². The minimum atomic E-state index is -0.285. The molecule has 0 bridgehead atoms. The first kappa shape index (κ1) is 29.6. The number of hydrogen-bond acceptors (Lipinski definition) is 4. The van der Waals surface area contributed by atoms with Crippen molar-refractivity contribution in [3.05, 3.63) is 150 Å². The summed E-state index contributed by atoms with van der Waals surface area (Å²) in [7, 11) is 0. The van der Waals surface area contributed by atoms with Gasteiger partial charge in [0, 0.05) is 44.2 Å². The average Bonchev–Trinajstić information content (AvgIpc) is 3.50. The highest BCUT2D eigenvalue weighted by molar-refractivity contribution is 5.92. The first-order valence-corrected chi connectivity index (χ1v) is 16.6. The molecule has 5 aromatic carbocycles. The fourth-order valence-corrected chi connectivity index (χ4v) is 6.89. The monoisotopic (exact) mass is 624 g/mol. The molecule has 4 heteroatoms. The summed E-state index contributed by atoms with van der Waals surface area (Å²) in [6.45, 7) is 8.72. The Morgan fingerprint density at radius 1 is 0.646 bits per heavy atom. The maximum absolute atomic E-state index is 6.65. The lowest BCUT2D eigenvalue weighted by atomic mass is 9.74. The highest BCUT2D eigenvalue weighted by Gasteiger charge is 2.37. The number of nitrogens with zero attached hydrogens (tertiary/aromatic N) is 2. The van der Waals surface area contributed by atoms with Gasteiger partial charge in [0.2, 0.25) is 0 Å². The van der Waals surface area contributed by atoms with Crippen molar-refractivity contribution < 1.29 is 9.15 Å². The van der Waals surface area contributed by atoms with Crippen molar-refractivity contribution in [3.8, 4) is 56.5 Å². The summed E-state index contributed by atoms with van der Waals surface area (Å²) in [5, 5.41) is 1.12. The predicted molar refractivity (Wildman–Crippen MR) is 196 cm³/mol. The molecule has 0 aliphatic carbocycles. The lowest BCUT2D eigenvalue weighted by molar-refractivity contribution is 0.413. The van der Waals surface area contributed by atoms with Crippen LogP contribution < -0.4 is 4.74 Å². The van der Waals surface area contributed by atoms with Gasteiger partial charge in [0.1, 0.15) is 11.5 Å². The number of allylic oxidation sites excluding steroid dienone is 1. The second-order valence-corrected chi connectivity index (χ2v) is 12.8. The molecule has 7 aromatic rings. The van der Waals surface area contributed by atoms with Gasteiger partial charge in [0.15, 0.2) is 17.2 Å². The molecule has 0 unspecified atom stereocenters. The molecule has 1 aliphatic rings. The molecule has 0 amide bonds. The average molecular weight is 625 g/mol. The normalized spacial score (nSPS) is 13.3. The second kappa shape index (κ2) is 11.8. The van der Waals surface area contributed by atoms with Gasteiger partial charge in [-0.25, -0.2) is 9.97 Å². The maximum Gasteiger partial charge on any atom is 0.177 e. The molecule has 4 nitrogen and oxygen atoms in total. The van der Waals surface area contributed by atoms with Crippen molar-refractivity contribution in [2.45, 2.75) is 39.5 Å². The third-order valence-electron chi connectivity index (χ3n) is 9.50. The van der Waals surface area contributed by atoms with Crippen molar-refractivity contribution >= 4 is 17.0 Å². The molecule has 0 N–H and O–H groups in total. The summed E-state index contributed by atoms with van der Waals surface area (Å²) in [5.41, 5.74) is 11.2. The molecule has 0 radical (unpaired) electrons. The minimum absolute atomic E-state index is 0.285.